The third-order valence-electron chi connectivity index (χ3n) is 1.65. The number of Topliss-reactive ketones (excluding diaryl/α,β-unsaturated/α-hetero) is 1. The topological polar surface area (TPSA) is 17.1 Å². The Kier molecular flexibility index (Phi) is 3.60. The van der Waals surface area contributed by atoms with Gasteiger partial charge < -0.3 is 0 Å². The first-order valence-electron chi connectivity index (χ1n) is 3.95. The van der Waals surface area contributed by atoms with Gasteiger partial charge in [-0.2, -0.15) is 0 Å². The van der Waals surface area contributed by atoms with E-state index >= 15 is 0 Å². The van der Waals surface area contributed by atoms with Crippen molar-refractivity contribution in [2.45, 2.75) is 13.3 Å². The Morgan fingerprint density at radius 2 is 2.15 bits per heavy atom. The molecule has 0 radical (unpaired) electrons. The highest BCUT2D eigenvalue weighted by Crippen LogP contribution is 2.09. The van der Waals surface area contributed by atoms with E-state index in [1.165, 1.54) is 12.1 Å². The predicted molar refractivity (Wildman–Crippen MR) is 53.6 cm³/mol. The number of aryl methyl sites for hydroxylation is 1. The minimum absolute atomic E-state index is 0.0602. The third-order valence-corrected chi connectivity index (χ3v) is 2.28. The van der Waals surface area contributed by atoms with Gasteiger partial charge in [-0.25, -0.2) is 4.39 Å². The zero-order valence-corrected chi connectivity index (χ0v) is 8.90. The maximum absolute atomic E-state index is 12.9. The van der Waals surface area contributed by atoms with Crippen molar-refractivity contribution >= 4 is 21.7 Å². The zero-order valence-electron chi connectivity index (χ0n) is 7.31. The second kappa shape index (κ2) is 4.51. The van der Waals surface area contributed by atoms with Gasteiger partial charge in [0.05, 0.1) is 5.33 Å². The fourth-order valence-electron chi connectivity index (χ4n) is 1.19. The van der Waals surface area contributed by atoms with Crippen LogP contribution in [0.25, 0.3) is 0 Å². The number of carbonyl (C=O) groups excluding carboxylic acids is 1. The molecule has 0 fully saturated rings. The summed E-state index contributed by atoms with van der Waals surface area (Å²) >= 11 is 3.07. The molecule has 0 bridgehead atoms. The Labute approximate surface area is 85.1 Å². The number of ketones is 1. The van der Waals surface area contributed by atoms with E-state index in [1.54, 1.807) is 0 Å². The van der Waals surface area contributed by atoms with Crippen LogP contribution in [-0.4, -0.2) is 11.1 Å². The van der Waals surface area contributed by atoms with Crippen molar-refractivity contribution in [1.29, 1.82) is 0 Å². The summed E-state index contributed by atoms with van der Waals surface area (Å²) in [5.74, 6) is -0.220. The van der Waals surface area contributed by atoms with E-state index in [4.69, 9.17) is 0 Å². The molecule has 0 N–H and O–H groups in total. The van der Waals surface area contributed by atoms with E-state index in [-0.39, 0.29) is 11.6 Å². The Hall–Kier alpha value is -0.700. The van der Waals surface area contributed by atoms with Crippen LogP contribution in [0.1, 0.15) is 11.1 Å². The van der Waals surface area contributed by atoms with Crippen molar-refractivity contribution in [3.63, 3.8) is 0 Å². The van der Waals surface area contributed by atoms with Gasteiger partial charge in [-0.1, -0.05) is 22.0 Å². The molecule has 0 atom stereocenters. The van der Waals surface area contributed by atoms with Crippen molar-refractivity contribution < 1.29 is 9.18 Å². The monoisotopic (exact) mass is 244 g/mol. The molecule has 0 aromatic heterocycles. The molecule has 0 spiro atoms. The van der Waals surface area contributed by atoms with Crippen LogP contribution >= 0.6 is 15.9 Å². The number of benzene rings is 1. The number of hydrogen-bond donors (Lipinski definition) is 0. The maximum atomic E-state index is 12.9. The molecular weight excluding hydrogens is 235 g/mol. The van der Waals surface area contributed by atoms with Crippen LogP contribution in [0, 0.1) is 12.7 Å². The van der Waals surface area contributed by atoms with Crippen molar-refractivity contribution in [3.05, 3.63) is 35.1 Å². The lowest BCUT2D eigenvalue weighted by molar-refractivity contribution is -0.115. The smallest absolute Gasteiger partial charge is 0.147 e. The Balaban J connectivity index is 2.83. The summed E-state index contributed by atoms with van der Waals surface area (Å²) in [5, 5.41) is 0.322. The van der Waals surface area contributed by atoms with E-state index in [0.717, 1.165) is 11.1 Å². The molecule has 0 heterocycles. The highest BCUT2D eigenvalue weighted by molar-refractivity contribution is 9.09. The normalized spacial score (nSPS) is 10.1. The predicted octanol–water partition coefficient (Wildman–Crippen LogP) is 2.64. The van der Waals surface area contributed by atoms with Gasteiger partial charge in [-0.15, -0.1) is 0 Å². The van der Waals surface area contributed by atoms with Gasteiger partial charge in [0.2, 0.25) is 0 Å². The first kappa shape index (κ1) is 10.4. The second-order valence-electron chi connectivity index (χ2n) is 2.99. The number of rotatable bonds is 3. The zero-order chi connectivity index (χ0) is 9.84. The number of carbonyl (C=O) groups is 1. The average Bonchev–Trinajstić information content (AvgIpc) is 2.02. The fourth-order valence-corrected chi connectivity index (χ4v) is 1.39. The molecule has 0 saturated carbocycles. The highest BCUT2D eigenvalue weighted by Gasteiger charge is 2.03. The van der Waals surface area contributed by atoms with E-state index in [1.807, 2.05) is 13.0 Å². The van der Waals surface area contributed by atoms with Gasteiger partial charge in [0.1, 0.15) is 11.6 Å². The van der Waals surface area contributed by atoms with Crippen molar-refractivity contribution in [2.24, 2.45) is 0 Å². The molecule has 0 saturated heterocycles. The molecule has 0 amide bonds. The van der Waals surface area contributed by atoms with Crippen LogP contribution in [0.5, 0.6) is 0 Å². The molecular formula is C10H10BrFO. The van der Waals surface area contributed by atoms with Gasteiger partial charge in [-0.3, -0.25) is 4.79 Å². The lowest BCUT2D eigenvalue weighted by Gasteiger charge is -2.00. The third kappa shape index (κ3) is 3.27. The summed E-state index contributed by atoms with van der Waals surface area (Å²) in [6.07, 6.45) is 0.295. The van der Waals surface area contributed by atoms with Gasteiger partial charge in [0.25, 0.3) is 0 Å². The van der Waals surface area contributed by atoms with Gasteiger partial charge >= 0.3 is 0 Å². The molecule has 1 nitrogen and oxygen atoms in total. The van der Waals surface area contributed by atoms with Crippen LogP contribution in [0.4, 0.5) is 4.39 Å². The first-order chi connectivity index (χ1) is 6.11. The minimum atomic E-state index is -0.280. The van der Waals surface area contributed by atoms with Gasteiger partial charge in [0, 0.05) is 6.42 Å². The largest absolute Gasteiger partial charge is 0.298 e. The summed E-state index contributed by atoms with van der Waals surface area (Å²) in [6.45, 7) is 1.81. The van der Waals surface area contributed by atoms with Crippen LogP contribution in [-0.2, 0) is 11.2 Å². The molecule has 13 heavy (non-hydrogen) atoms. The van der Waals surface area contributed by atoms with Crippen molar-refractivity contribution in [1.82, 2.24) is 0 Å². The molecule has 1 aromatic rings. The summed E-state index contributed by atoms with van der Waals surface area (Å²) in [7, 11) is 0. The van der Waals surface area contributed by atoms with Crippen LogP contribution in [0.3, 0.4) is 0 Å². The Morgan fingerprint density at radius 1 is 1.46 bits per heavy atom. The molecule has 1 aromatic carbocycles. The standard InChI is InChI=1S/C10H10BrFO/c1-7-2-8(4-9(12)3-7)5-10(13)6-11/h2-4H,5-6H2,1H3. The molecule has 0 aliphatic heterocycles. The van der Waals surface area contributed by atoms with E-state index < -0.39 is 0 Å². The summed E-state index contributed by atoms with van der Waals surface area (Å²) < 4.78 is 12.9. The molecule has 0 unspecified atom stereocenters. The van der Waals surface area contributed by atoms with E-state index in [9.17, 15) is 9.18 Å². The molecule has 0 aliphatic rings. The highest BCUT2D eigenvalue weighted by atomic mass is 79.9. The first-order valence-corrected chi connectivity index (χ1v) is 5.07. The van der Waals surface area contributed by atoms with Gasteiger partial charge in [0.15, 0.2) is 0 Å². The lowest BCUT2D eigenvalue weighted by Crippen LogP contribution is -2.03. The van der Waals surface area contributed by atoms with Crippen LogP contribution < -0.4 is 0 Å². The Morgan fingerprint density at radius 3 is 2.69 bits per heavy atom. The molecule has 70 valence electrons. The molecule has 1 rings (SSSR count). The van der Waals surface area contributed by atoms with Crippen LogP contribution in [0.15, 0.2) is 18.2 Å². The van der Waals surface area contributed by atoms with E-state index in [0.29, 0.717) is 11.8 Å². The fraction of sp³-hybridized carbons (Fsp3) is 0.300. The maximum Gasteiger partial charge on any atom is 0.147 e. The second-order valence-corrected chi connectivity index (χ2v) is 3.55. The summed E-state index contributed by atoms with van der Waals surface area (Å²) in [5.41, 5.74) is 1.58. The lowest BCUT2D eigenvalue weighted by atomic mass is 10.1. The molecule has 0 aliphatic carbocycles. The van der Waals surface area contributed by atoms with Crippen molar-refractivity contribution in [3.8, 4) is 0 Å². The number of hydrogen-bond acceptors (Lipinski definition) is 1. The van der Waals surface area contributed by atoms with Crippen LogP contribution in [0.2, 0.25) is 0 Å². The SMILES string of the molecule is Cc1cc(F)cc(CC(=O)CBr)c1. The average molecular weight is 245 g/mol. The van der Waals surface area contributed by atoms with Gasteiger partial charge in [-0.05, 0) is 30.2 Å². The number of halogens is 2. The van der Waals surface area contributed by atoms with Crippen molar-refractivity contribution in [2.75, 3.05) is 5.33 Å². The number of alkyl halides is 1. The summed E-state index contributed by atoms with van der Waals surface area (Å²) in [4.78, 5) is 11.0. The molecule has 3 heteroatoms. The minimum Gasteiger partial charge on any atom is -0.298 e. The summed E-state index contributed by atoms with van der Waals surface area (Å²) in [6, 6.07) is 4.67. The quantitative estimate of drug-likeness (QED) is 0.748. The Bertz CT molecular complexity index is 302. The van der Waals surface area contributed by atoms with E-state index in [2.05, 4.69) is 15.9 Å².